The van der Waals surface area contributed by atoms with Crippen LogP contribution in [0.25, 0.3) is 0 Å². The van der Waals surface area contributed by atoms with Crippen LogP contribution in [0.15, 0.2) is 29.2 Å². The van der Waals surface area contributed by atoms with Gasteiger partial charge in [0.1, 0.15) is 6.73 Å². The van der Waals surface area contributed by atoms with Gasteiger partial charge in [-0.05, 0) is 38.3 Å². The standard InChI is InChI=1S/C13H18N2O2S/c1-13(2)8-17-9-15(13)12(16)14-10-5-4-6-11(7-10)18-3/h4-7H,8-9H2,1-3H3,(H,14,16). The van der Waals surface area contributed by atoms with E-state index in [1.165, 1.54) is 0 Å². The molecule has 98 valence electrons. The van der Waals surface area contributed by atoms with Crippen molar-refractivity contribution in [3.8, 4) is 0 Å². The molecule has 1 fully saturated rings. The highest BCUT2D eigenvalue weighted by Crippen LogP contribution is 2.24. The van der Waals surface area contributed by atoms with Crippen LogP contribution in [0.3, 0.4) is 0 Å². The molecule has 4 nitrogen and oxygen atoms in total. The van der Waals surface area contributed by atoms with Crippen molar-refractivity contribution in [2.24, 2.45) is 0 Å². The van der Waals surface area contributed by atoms with E-state index in [4.69, 9.17) is 4.74 Å². The number of hydrogen-bond acceptors (Lipinski definition) is 3. The van der Waals surface area contributed by atoms with Gasteiger partial charge in [0, 0.05) is 10.6 Å². The van der Waals surface area contributed by atoms with Crippen molar-refractivity contribution in [1.82, 2.24) is 4.90 Å². The SMILES string of the molecule is CSc1cccc(NC(=O)N2COCC2(C)C)c1. The Morgan fingerprint density at radius 1 is 1.50 bits per heavy atom. The average molecular weight is 266 g/mol. The van der Waals surface area contributed by atoms with E-state index in [-0.39, 0.29) is 11.6 Å². The molecule has 1 aliphatic rings. The fraction of sp³-hybridized carbons (Fsp3) is 0.462. The Labute approximate surface area is 112 Å². The monoisotopic (exact) mass is 266 g/mol. The van der Waals surface area contributed by atoms with Crippen LogP contribution in [-0.4, -0.2) is 36.1 Å². The van der Waals surface area contributed by atoms with E-state index in [0.29, 0.717) is 13.3 Å². The first-order chi connectivity index (χ1) is 8.53. The van der Waals surface area contributed by atoms with Gasteiger partial charge in [-0.25, -0.2) is 4.79 Å². The van der Waals surface area contributed by atoms with Crippen LogP contribution in [0.4, 0.5) is 10.5 Å². The van der Waals surface area contributed by atoms with Gasteiger partial charge in [0.05, 0.1) is 12.1 Å². The molecule has 0 aromatic heterocycles. The molecule has 1 aliphatic heterocycles. The number of benzene rings is 1. The molecule has 2 amide bonds. The molecule has 0 bridgehead atoms. The number of amides is 2. The second-order valence-corrected chi connectivity index (χ2v) is 5.76. The van der Waals surface area contributed by atoms with Crippen LogP contribution in [-0.2, 0) is 4.74 Å². The van der Waals surface area contributed by atoms with Gasteiger partial charge in [0.15, 0.2) is 0 Å². The van der Waals surface area contributed by atoms with Gasteiger partial charge in [0.2, 0.25) is 0 Å². The van der Waals surface area contributed by atoms with Gasteiger partial charge >= 0.3 is 6.03 Å². The summed E-state index contributed by atoms with van der Waals surface area (Å²) in [5.74, 6) is 0. The maximum atomic E-state index is 12.2. The lowest BCUT2D eigenvalue weighted by atomic mass is 10.1. The summed E-state index contributed by atoms with van der Waals surface area (Å²) >= 11 is 1.65. The number of carbonyl (C=O) groups is 1. The second-order valence-electron chi connectivity index (χ2n) is 4.88. The van der Waals surface area contributed by atoms with E-state index in [1.807, 2.05) is 44.4 Å². The summed E-state index contributed by atoms with van der Waals surface area (Å²) in [6.45, 7) is 4.92. The molecule has 1 heterocycles. The van der Waals surface area contributed by atoms with Crippen molar-refractivity contribution in [3.05, 3.63) is 24.3 Å². The van der Waals surface area contributed by atoms with Gasteiger partial charge in [-0.3, -0.25) is 4.90 Å². The molecule has 1 saturated heterocycles. The van der Waals surface area contributed by atoms with Crippen molar-refractivity contribution in [2.75, 3.05) is 24.9 Å². The van der Waals surface area contributed by atoms with Gasteiger partial charge in [-0.1, -0.05) is 6.07 Å². The highest BCUT2D eigenvalue weighted by Gasteiger charge is 2.36. The Morgan fingerprint density at radius 2 is 2.28 bits per heavy atom. The average Bonchev–Trinajstić information content (AvgIpc) is 2.69. The minimum Gasteiger partial charge on any atom is -0.359 e. The smallest absolute Gasteiger partial charge is 0.324 e. The number of nitrogens with zero attached hydrogens (tertiary/aromatic N) is 1. The van der Waals surface area contributed by atoms with Crippen molar-refractivity contribution in [3.63, 3.8) is 0 Å². The first kappa shape index (κ1) is 13.2. The van der Waals surface area contributed by atoms with Crippen molar-refractivity contribution in [1.29, 1.82) is 0 Å². The number of anilines is 1. The Balaban J connectivity index is 2.07. The van der Waals surface area contributed by atoms with Gasteiger partial charge in [0.25, 0.3) is 0 Å². The Hall–Kier alpha value is -1.20. The summed E-state index contributed by atoms with van der Waals surface area (Å²) in [6.07, 6.45) is 2.01. The zero-order valence-electron chi connectivity index (χ0n) is 10.9. The molecular formula is C13H18N2O2S. The van der Waals surface area contributed by atoms with Crippen LogP contribution in [0, 0.1) is 0 Å². The van der Waals surface area contributed by atoms with E-state index in [0.717, 1.165) is 10.6 Å². The number of urea groups is 1. The molecule has 5 heteroatoms. The number of ether oxygens (including phenoxy) is 1. The first-order valence-electron chi connectivity index (χ1n) is 5.83. The van der Waals surface area contributed by atoms with Gasteiger partial charge in [-0.15, -0.1) is 11.8 Å². The zero-order chi connectivity index (χ0) is 13.2. The topological polar surface area (TPSA) is 41.6 Å². The lowest BCUT2D eigenvalue weighted by Crippen LogP contribution is -2.46. The fourth-order valence-electron chi connectivity index (χ4n) is 1.86. The number of rotatable bonds is 2. The number of carbonyl (C=O) groups excluding carboxylic acids is 1. The molecule has 0 saturated carbocycles. The highest BCUT2D eigenvalue weighted by atomic mass is 32.2. The van der Waals surface area contributed by atoms with E-state index < -0.39 is 0 Å². The third kappa shape index (κ3) is 2.79. The summed E-state index contributed by atoms with van der Waals surface area (Å²) in [5.41, 5.74) is 0.566. The maximum Gasteiger partial charge on any atom is 0.324 e. The molecular weight excluding hydrogens is 248 g/mol. The van der Waals surface area contributed by atoms with E-state index in [1.54, 1.807) is 16.7 Å². The minimum atomic E-state index is -0.249. The molecule has 0 radical (unpaired) electrons. The minimum absolute atomic E-state index is 0.115. The van der Waals surface area contributed by atoms with E-state index in [2.05, 4.69) is 5.32 Å². The van der Waals surface area contributed by atoms with E-state index in [9.17, 15) is 4.79 Å². The quantitative estimate of drug-likeness (QED) is 0.837. The Morgan fingerprint density at radius 3 is 2.89 bits per heavy atom. The van der Waals surface area contributed by atoms with Crippen molar-refractivity contribution < 1.29 is 9.53 Å². The van der Waals surface area contributed by atoms with Crippen LogP contribution in [0.5, 0.6) is 0 Å². The zero-order valence-corrected chi connectivity index (χ0v) is 11.7. The summed E-state index contributed by atoms with van der Waals surface area (Å²) in [4.78, 5) is 15.0. The molecule has 1 aromatic carbocycles. The molecule has 1 N–H and O–H groups in total. The first-order valence-corrected chi connectivity index (χ1v) is 7.06. The molecule has 1 aromatic rings. The Kier molecular flexibility index (Phi) is 3.82. The summed E-state index contributed by atoms with van der Waals surface area (Å²) in [6, 6.07) is 7.69. The lowest BCUT2D eigenvalue weighted by molar-refractivity contribution is 0.147. The van der Waals surface area contributed by atoms with Crippen molar-refractivity contribution in [2.45, 2.75) is 24.3 Å². The van der Waals surface area contributed by atoms with Crippen molar-refractivity contribution >= 4 is 23.5 Å². The maximum absolute atomic E-state index is 12.2. The summed E-state index contributed by atoms with van der Waals surface area (Å²) < 4.78 is 5.34. The Bertz CT molecular complexity index is 448. The lowest BCUT2D eigenvalue weighted by Gasteiger charge is -2.29. The number of thioether (sulfide) groups is 1. The summed E-state index contributed by atoms with van der Waals surface area (Å²) in [5, 5.41) is 2.91. The summed E-state index contributed by atoms with van der Waals surface area (Å²) in [7, 11) is 0. The van der Waals surface area contributed by atoms with Gasteiger partial charge < -0.3 is 10.1 Å². The molecule has 18 heavy (non-hydrogen) atoms. The molecule has 0 spiro atoms. The predicted octanol–water partition coefficient (Wildman–Crippen LogP) is 3.01. The number of nitrogens with one attached hydrogen (secondary N) is 1. The molecule has 0 unspecified atom stereocenters. The van der Waals surface area contributed by atoms with Gasteiger partial charge in [-0.2, -0.15) is 0 Å². The largest absolute Gasteiger partial charge is 0.359 e. The number of hydrogen-bond donors (Lipinski definition) is 1. The normalized spacial score (nSPS) is 17.8. The molecule has 0 atom stereocenters. The second kappa shape index (κ2) is 5.20. The molecule has 2 rings (SSSR count). The molecule has 0 aliphatic carbocycles. The third-order valence-electron chi connectivity index (χ3n) is 2.97. The van der Waals surface area contributed by atoms with E-state index >= 15 is 0 Å². The van der Waals surface area contributed by atoms with Crippen LogP contribution < -0.4 is 5.32 Å². The highest BCUT2D eigenvalue weighted by molar-refractivity contribution is 7.98. The predicted molar refractivity (Wildman–Crippen MR) is 74.0 cm³/mol. The fourth-order valence-corrected chi connectivity index (χ4v) is 2.32. The third-order valence-corrected chi connectivity index (χ3v) is 3.70. The van der Waals surface area contributed by atoms with Crippen LogP contribution >= 0.6 is 11.8 Å². The van der Waals surface area contributed by atoms with Crippen LogP contribution in [0.1, 0.15) is 13.8 Å². The van der Waals surface area contributed by atoms with Crippen LogP contribution in [0.2, 0.25) is 0 Å².